The van der Waals surface area contributed by atoms with Crippen LogP contribution in [0.1, 0.15) is 27.7 Å². The number of hydrogen-bond acceptors (Lipinski definition) is 4. The van der Waals surface area contributed by atoms with E-state index in [1.807, 2.05) is 12.4 Å². The van der Waals surface area contributed by atoms with Crippen molar-refractivity contribution in [2.45, 2.75) is 20.0 Å². The molecule has 2 rings (SSSR count). The van der Waals surface area contributed by atoms with E-state index in [4.69, 9.17) is 11.6 Å². The highest BCUT2D eigenvalue weighted by Crippen LogP contribution is 2.29. The predicted molar refractivity (Wildman–Crippen MR) is 90.3 cm³/mol. The van der Waals surface area contributed by atoms with Gasteiger partial charge in [0, 0.05) is 38.4 Å². The molecule has 0 saturated heterocycles. The van der Waals surface area contributed by atoms with Crippen LogP contribution < -0.4 is 0 Å². The van der Waals surface area contributed by atoms with E-state index in [2.05, 4.69) is 26.9 Å². The van der Waals surface area contributed by atoms with Gasteiger partial charge in [0.25, 0.3) is 0 Å². The third kappa shape index (κ3) is 4.30. The maximum Gasteiger partial charge on any atom is 0.163 e. The van der Waals surface area contributed by atoms with Crippen LogP contribution >= 0.6 is 38.9 Å². The highest BCUT2D eigenvalue weighted by atomic mass is 79.9. The molecule has 21 heavy (non-hydrogen) atoms. The van der Waals surface area contributed by atoms with E-state index in [-0.39, 0.29) is 17.1 Å². The Hall–Kier alpha value is -0.880. The molecule has 1 N–H and O–H groups in total. The molecule has 0 aliphatic rings. The minimum Gasteiger partial charge on any atom is -0.507 e. The van der Waals surface area contributed by atoms with E-state index in [0.717, 1.165) is 11.0 Å². The van der Waals surface area contributed by atoms with Gasteiger partial charge in [-0.1, -0.05) is 11.6 Å². The van der Waals surface area contributed by atoms with Gasteiger partial charge in [0.1, 0.15) is 5.75 Å². The maximum absolute atomic E-state index is 11.5. The zero-order valence-electron chi connectivity index (χ0n) is 11.7. The first-order chi connectivity index (χ1) is 9.86. The van der Waals surface area contributed by atoms with E-state index < -0.39 is 0 Å². The molecular weight excluding hydrogens is 374 g/mol. The van der Waals surface area contributed by atoms with Crippen molar-refractivity contribution in [1.82, 2.24) is 4.90 Å². The van der Waals surface area contributed by atoms with Crippen molar-refractivity contribution in [3.8, 4) is 5.75 Å². The number of phenols is 1. The van der Waals surface area contributed by atoms with Crippen molar-refractivity contribution in [2.75, 3.05) is 7.05 Å². The number of carbonyl (C=O) groups is 1. The fourth-order valence-electron chi connectivity index (χ4n) is 2.09. The van der Waals surface area contributed by atoms with Crippen LogP contribution in [0.5, 0.6) is 5.75 Å². The number of ketones is 1. The SMILES string of the molecule is CC(=O)c1cc(Cl)cc(CN(C)Cc2cc(Br)cs2)c1O. The number of thiophene rings is 1. The number of benzene rings is 1. The fraction of sp³-hybridized carbons (Fsp3) is 0.267. The Bertz CT molecular complexity index is 672. The lowest BCUT2D eigenvalue weighted by Crippen LogP contribution is -2.17. The number of nitrogens with zero attached hydrogens (tertiary/aromatic N) is 1. The Morgan fingerprint density at radius 3 is 2.67 bits per heavy atom. The lowest BCUT2D eigenvalue weighted by atomic mass is 10.1. The Kier molecular flexibility index (Phi) is 5.43. The van der Waals surface area contributed by atoms with Gasteiger partial charge in [-0.2, -0.15) is 0 Å². The van der Waals surface area contributed by atoms with Crippen LogP contribution in [0, 0.1) is 0 Å². The van der Waals surface area contributed by atoms with Crippen molar-refractivity contribution < 1.29 is 9.90 Å². The van der Waals surface area contributed by atoms with Crippen LogP contribution in [-0.4, -0.2) is 22.8 Å². The molecule has 0 aliphatic carbocycles. The Labute approximate surface area is 141 Å². The first-order valence-corrected chi connectivity index (χ1v) is 8.35. The molecule has 0 aliphatic heterocycles. The summed E-state index contributed by atoms with van der Waals surface area (Å²) in [5.74, 6) is -0.174. The summed E-state index contributed by atoms with van der Waals surface area (Å²) >= 11 is 11.1. The first-order valence-electron chi connectivity index (χ1n) is 6.30. The third-order valence-electron chi connectivity index (χ3n) is 3.02. The number of carbonyl (C=O) groups excluding carboxylic acids is 1. The van der Waals surface area contributed by atoms with Crippen molar-refractivity contribution >= 4 is 44.7 Å². The first kappa shape index (κ1) is 16.5. The molecular formula is C15H15BrClNO2S. The smallest absolute Gasteiger partial charge is 0.163 e. The number of halogens is 2. The highest BCUT2D eigenvalue weighted by molar-refractivity contribution is 9.10. The summed E-state index contributed by atoms with van der Waals surface area (Å²) in [7, 11) is 1.96. The molecule has 0 saturated carbocycles. The molecule has 0 unspecified atom stereocenters. The van der Waals surface area contributed by atoms with Crippen molar-refractivity contribution in [1.29, 1.82) is 0 Å². The minimum atomic E-state index is -0.193. The van der Waals surface area contributed by atoms with E-state index in [1.54, 1.807) is 17.4 Å². The lowest BCUT2D eigenvalue weighted by molar-refractivity contribution is 0.101. The van der Waals surface area contributed by atoms with E-state index in [1.165, 1.54) is 17.9 Å². The molecule has 2 aromatic rings. The molecule has 3 nitrogen and oxygen atoms in total. The number of phenolic OH excluding ortho intramolecular Hbond substituents is 1. The number of rotatable bonds is 5. The molecule has 0 amide bonds. The van der Waals surface area contributed by atoms with Crippen molar-refractivity contribution in [3.63, 3.8) is 0 Å². The second-order valence-corrected chi connectivity index (χ2v) is 7.27. The lowest BCUT2D eigenvalue weighted by Gasteiger charge is -2.17. The summed E-state index contributed by atoms with van der Waals surface area (Å²) in [4.78, 5) is 14.8. The third-order valence-corrected chi connectivity index (χ3v) is 4.92. The number of aromatic hydroxyl groups is 1. The summed E-state index contributed by atoms with van der Waals surface area (Å²) in [5, 5.41) is 12.7. The topological polar surface area (TPSA) is 40.5 Å². The molecule has 0 fully saturated rings. The van der Waals surface area contributed by atoms with Crippen LogP contribution in [0.4, 0.5) is 0 Å². The molecule has 1 aromatic carbocycles. The van der Waals surface area contributed by atoms with Crippen molar-refractivity contribution in [2.24, 2.45) is 0 Å². The van der Waals surface area contributed by atoms with Gasteiger partial charge >= 0.3 is 0 Å². The molecule has 0 bridgehead atoms. The second kappa shape index (κ2) is 6.92. The predicted octanol–water partition coefficient (Wildman–Crippen LogP) is 4.70. The monoisotopic (exact) mass is 387 g/mol. The molecule has 1 heterocycles. The summed E-state index contributed by atoms with van der Waals surface area (Å²) in [5.41, 5.74) is 0.926. The molecule has 1 aromatic heterocycles. The second-order valence-electron chi connectivity index (χ2n) is 4.92. The van der Waals surface area contributed by atoms with E-state index in [9.17, 15) is 9.90 Å². The Morgan fingerprint density at radius 1 is 1.38 bits per heavy atom. The standard InChI is InChI=1S/C15H15BrClNO2S/c1-9(19)14-5-12(17)3-10(15(14)20)6-18(2)7-13-4-11(16)8-21-13/h3-5,8,20H,6-7H2,1-2H3. The zero-order chi connectivity index (χ0) is 15.6. The van der Waals surface area contributed by atoms with Gasteiger partial charge in [-0.05, 0) is 48.1 Å². The number of hydrogen-bond donors (Lipinski definition) is 1. The molecule has 112 valence electrons. The van der Waals surface area contributed by atoms with Gasteiger partial charge < -0.3 is 5.11 Å². The molecule has 0 radical (unpaired) electrons. The van der Waals surface area contributed by atoms with Crippen LogP contribution in [-0.2, 0) is 13.1 Å². The Balaban J connectivity index is 2.17. The summed E-state index contributed by atoms with van der Waals surface area (Å²) in [6, 6.07) is 5.27. The average molecular weight is 389 g/mol. The van der Waals surface area contributed by atoms with Gasteiger partial charge in [-0.15, -0.1) is 11.3 Å². The van der Waals surface area contributed by atoms with Crippen LogP contribution in [0.15, 0.2) is 28.1 Å². The normalized spacial score (nSPS) is 11.1. The van der Waals surface area contributed by atoms with Gasteiger partial charge in [-0.3, -0.25) is 9.69 Å². The van der Waals surface area contributed by atoms with Crippen LogP contribution in [0.25, 0.3) is 0 Å². The average Bonchev–Trinajstić information content (AvgIpc) is 2.78. The maximum atomic E-state index is 11.5. The summed E-state index contributed by atoms with van der Waals surface area (Å²) in [6.07, 6.45) is 0. The molecule has 0 spiro atoms. The zero-order valence-corrected chi connectivity index (χ0v) is 14.8. The van der Waals surface area contributed by atoms with Crippen molar-refractivity contribution in [3.05, 3.63) is 49.1 Å². The highest BCUT2D eigenvalue weighted by Gasteiger charge is 2.14. The van der Waals surface area contributed by atoms with Crippen LogP contribution in [0.2, 0.25) is 5.02 Å². The van der Waals surface area contributed by atoms with Gasteiger partial charge in [0.2, 0.25) is 0 Å². The largest absolute Gasteiger partial charge is 0.507 e. The van der Waals surface area contributed by atoms with E-state index in [0.29, 0.717) is 17.1 Å². The van der Waals surface area contributed by atoms with Gasteiger partial charge in [0.15, 0.2) is 5.78 Å². The number of Topliss-reactive ketones (excluding diaryl/α,β-unsaturated/α-hetero) is 1. The van der Waals surface area contributed by atoms with Gasteiger partial charge in [-0.25, -0.2) is 0 Å². The molecule has 6 heteroatoms. The quantitative estimate of drug-likeness (QED) is 0.754. The Morgan fingerprint density at radius 2 is 2.10 bits per heavy atom. The fourth-order valence-corrected chi connectivity index (χ4v) is 3.87. The van der Waals surface area contributed by atoms with Crippen LogP contribution in [0.3, 0.4) is 0 Å². The van der Waals surface area contributed by atoms with Gasteiger partial charge in [0.05, 0.1) is 5.56 Å². The molecule has 0 atom stereocenters. The van der Waals surface area contributed by atoms with E-state index >= 15 is 0 Å². The minimum absolute atomic E-state index is 0.0195. The summed E-state index contributed by atoms with van der Waals surface area (Å²) < 4.78 is 1.07. The summed E-state index contributed by atoms with van der Waals surface area (Å²) in [6.45, 7) is 2.70.